The highest BCUT2D eigenvalue weighted by atomic mass is 127. The number of para-hydroxylation sites is 1. The zero-order valence-electron chi connectivity index (χ0n) is 17.2. The number of nitrogens with one attached hydrogen (secondary N) is 3. The van der Waals surface area contributed by atoms with Crippen molar-refractivity contribution in [2.75, 3.05) is 23.2 Å². The van der Waals surface area contributed by atoms with Crippen LogP contribution in [0.25, 0.3) is 0 Å². The Hall–Kier alpha value is -3.73. The zero-order valence-corrected chi connectivity index (χ0v) is 19.3. The summed E-state index contributed by atoms with van der Waals surface area (Å²) in [5, 5.41) is 10.6. The van der Waals surface area contributed by atoms with E-state index in [-0.39, 0.29) is 0 Å². The van der Waals surface area contributed by atoms with Gasteiger partial charge in [0.05, 0.1) is 13.3 Å². The van der Waals surface area contributed by atoms with Crippen molar-refractivity contribution in [3.8, 4) is 5.75 Å². The van der Waals surface area contributed by atoms with E-state index < -0.39 is 0 Å². The third-order valence-electron chi connectivity index (χ3n) is 4.26. The molecule has 0 atom stereocenters. The molecule has 0 bridgehead atoms. The highest BCUT2D eigenvalue weighted by Crippen LogP contribution is 2.20. The number of ether oxygens (including phenoxy) is 1. The van der Waals surface area contributed by atoms with Crippen LogP contribution >= 0.6 is 22.6 Å². The maximum absolute atomic E-state index is 5.21. The van der Waals surface area contributed by atoms with Gasteiger partial charge < -0.3 is 15.4 Å². The molecule has 0 aliphatic rings. The van der Waals surface area contributed by atoms with Gasteiger partial charge in [-0.1, -0.05) is 30.3 Å². The van der Waals surface area contributed by atoms with Gasteiger partial charge in [0.15, 0.2) is 0 Å². The number of benzene rings is 3. The molecule has 0 radical (unpaired) electrons. The molecule has 4 aromatic rings. The molecule has 1 aromatic heterocycles. The quantitative estimate of drug-likeness (QED) is 0.157. The predicted molar refractivity (Wildman–Crippen MR) is 136 cm³/mol. The fraction of sp³-hybridized carbons (Fsp3) is 0.0435. The van der Waals surface area contributed by atoms with Gasteiger partial charge in [0, 0.05) is 14.9 Å². The Morgan fingerprint density at radius 1 is 0.750 bits per heavy atom. The number of anilines is 5. The number of hydrogen-bond donors (Lipinski definition) is 3. The second-order valence-electron chi connectivity index (χ2n) is 6.57. The van der Waals surface area contributed by atoms with Gasteiger partial charge in [-0.2, -0.15) is 20.1 Å². The Labute approximate surface area is 199 Å². The maximum Gasteiger partial charge on any atom is 0.250 e. The smallest absolute Gasteiger partial charge is 0.250 e. The fourth-order valence-electron chi connectivity index (χ4n) is 2.71. The molecule has 0 fully saturated rings. The number of aromatic nitrogens is 3. The Balaban J connectivity index is 1.56. The van der Waals surface area contributed by atoms with Crippen LogP contribution in [0.2, 0.25) is 0 Å². The van der Waals surface area contributed by atoms with Crippen LogP contribution in [0.15, 0.2) is 84.0 Å². The molecule has 4 rings (SSSR count). The van der Waals surface area contributed by atoms with E-state index >= 15 is 0 Å². The van der Waals surface area contributed by atoms with Gasteiger partial charge in [0.25, 0.3) is 0 Å². The van der Waals surface area contributed by atoms with Gasteiger partial charge in [-0.05, 0) is 76.7 Å². The molecule has 0 spiro atoms. The van der Waals surface area contributed by atoms with Crippen molar-refractivity contribution in [2.45, 2.75) is 0 Å². The second-order valence-corrected chi connectivity index (χ2v) is 7.82. The lowest BCUT2D eigenvalue weighted by molar-refractivity contribution is 0.415. The molecule has 3 aromatic carbocycles. The Kier molecular flexibility index (Phi) is 7.08. The van der Waals surface area contributed by atoms with Crippen LogP contribution in [-0.2, 0) is 0 Å². The predicted octanol–water partition coefficient (Wildman–Crippen LogP) is 5.42. The van der Waals surface area contributed by atoms with E-state index in [4.69, 9.17) is 4.74 Å². The minimum atomic E-state index is 0.302. The number of rotatable bonds is 8. The molecular weight excluding hydrogens is 517 g/mol. The lowest BCUT2D eigenvalue weighted by atomic mass is 10.2. The normalized spacial score (nSPS) is 10.7. The summed E-state index contributed by atoms with van der Waals surface area (Å²) in [6.07, 6.45) is 1.71. The molecule has 1 heterocycles. The average molecular weight is 537 g/mol. The Morgan fingerprint density at radius 2 is 1.34 bits per heavy atom. The molecule has 0 amide bonds. The van der Waals surface area contributed by atoms with Crippen molar-refractivity contribution in [2.24, 2.45) is 5.10 Å². The summed E-state index contributed by atoms with van der Waals surface area (Å²) < 4.78 is 6.37. The maximum atomic E-state index is 5.21. The Bertz CT molecular complexity index is 1180. The second kappa shape index (κ2) is 10.5. The molecular formula is C23H20IN7O. The fourth-order valence-corrected chi connectivity index (χ4v) is 3.06. The highest BCUT2D eigenvalue weighted by molar-refractivity contribution is 14.1. The van der Waals surface area contributed by atoms with Crippen LogP contribution < -0.4 is 20.8 Å². The van der Waals surface area contributed by atoms with Crippen LogP contribution in [0, 0.1) is 3.57 Å². The molecule has 0 aliphatic carbocycles. The Morgan fingerprint density at radius 3 is 1.97 bits per heavy atom. The minimum Gasteiger partial charge on any atom is -0.497 e. The number of halogens is 1. The standard InChI is InChI=1S/C23H20IN7O/c1-32-20-13-11-19(12-14-20)27-22-28-21(26-18-5-3-2-4-6-18)29-23(30-22)31-25-15-16-7-9-17(24)10-8-16/h2-15H,1H3,(H3,26,27,28,29,30,31)/b25-15-. The number of methoxy groups -OCH3 is 1. The third-order valence-corrected chi connectivity index (χ3v) is 4.98. The molecule has 9 heteroatoms. The minimum absolute atomic E-state index is 0.302. The average Bonchev–Trinajstić information content (AvgIpc) is 2.81. The van der Waals surface area contributed by atoms with Crippen LogP contribution in [0.4, 0.5) is 29.2 Å². The van der Waals surface area contributed by atoms with E-state index in [0.29, 0.717) is 17.8 Å². The van der Waals surface area contributed by atoms with Crippen molar-refractivity contribution in [3.63, 3.8) is 0 Å². The first kappa shape index (κ1) is 21.5. The monoisotopic (exact) mass is 537 g/mol. The molecule has 0 unspecified atom stereocenters. The summed E-state index contributed by atoms with van der Waals surface area (Å²) in [7, 11) is 1.63. The van der Waals surface area contributed by atoms with Crippen molar-refractivity contribution >= 4 is 58.0 Å². The number of nitrogens with zero attached hydrogens (tertiary/aromatic N) is 4. The van der Waals surface area contributed by atoms with Crippen molar-refractivity contribution in [1.82, 2.24) is 15.0 Å². The highest BCUT2D eigenvalue weighted by Gasteiger charge is 2.08. The zero-order chi connectivity index (χ0) is 22.2. The van der Waals surface area contributed by atoms with Crippen LogP contribution in [0.3, 0.4) is 0 Å². The van der Waals surface area contributed by atoms with E-state index in [0.717, 1.165) is 26.3 Å². The van der Waals surface area contributed by atoms with Gasteiger partial charge in [0.2, 0.25) is 17.8 Å². The van der Waals surface area contributed by atoms with Gasteiger partial charge in [0.1, 0.15) is 5.75 Å². The van der Waals surface area contributed by atoms with Crippen LogP contribution in [0.5, 0.6) is 5.75 Å². The van der Waals surface area contributed by atoms with Crippen LogP contribution in [-0.4, -0.2) is 28.3 Å². The van der Waals surface area contributed by atoms with Crippen LogP contribution in [0.1, 0.15) is 5.56 Å². The SMILES string of the molecule is COc1ccc(Nc2nc(N/N=C\c3ccc(I)cc3)nc(Nc3ccccc3)n2)cc1. The molecule has 0 saturated heterocycles. The number of hydrazone groups is 1. The summed E-state index contributed by atoms with van der Waals surface area (Å²) in [6, 6.07) is 25.2. The summed E-state index contributed by atoms with van der Waals surface area (Å²) in [6.45, 7) is 0. The lowest BCUT2D eigenvalue weighted by Gasteiger charge is -2.10. The molecule has 8 nitrogen and oxygen atoms in total. The van der Waals surface area contributed by atoms with Gasteiger partial charge in [-0.3, -0.25) is 0 Å². The molecule has 3 N–H and O–H groups in total. The molecule has 160 valence electrons. The van der Waals surface area contributed by atoms with Gasteiger partial charge in [-0.15, -0.1) is 0 Å². The lowest BCUT2D eigenvalue weighted by Crippen LogP contribution is -2.07. The summed E-state index contributed by atoms with van der Waals surface area (Å²) in [5.41, 5.74) is 5.53. The topological polar surface area (TPSA) is 96.4 Å². The summed E-state index contributed by atoms with van der Waals surface area (Å²) >= 11 is 2.26. The van der Waals surface area contributed by atoms with Gasteiger partial charge in [-0.25, -0.2) is 5.43 Å². The van der Waals surface area contributed by atoms with E-state index in [1.807, 2.05) is 78.9 Å². The van der Waals surface area contributed by atoms with Gasteiger partial charge >= 0.3 is 0 Å². The van der Waals surface area contributed by atoms with Crippen molar-refractivity contribution in [1.29, 1.82) is 0 Å². The summed E-state index contributed by atoms with van der Waals surface area (Å²) in [4.78, 5) is 13.3. The first-order chi connectivity index (χ1) is 15.7. The van der Waals surface area contributed by atoms with Crippen molar-refractivity contribution < 1.29 is 4.74 Å². The van der Waals surface area contributed by atoms with E-state index in [1.165, 1.54) is 0 Å². The van der Waals surface area contributed by atoms with Crippen molar-refractivity contribution in [3.05, 3.63) is 88.0 Å². The number of hydrogen-bond acceptors (Lipinski definition) is 8. The van der Waals surface area contributed by atoms with E-state index in [2.05, 4.69) is 58.7 Å². The first-order valence-electron chi connectivity index (χ1n) is 9.72. The molecule has 0 aliphatic heterocycles. The van der Waals surface area contributed by atoms with E-state index in [1.54, 1.807) is 13.3 Å². The molecule has 0 saturated carbocycles. The third kappa shape index (κ3) is 6.14. The summed E-state index contributed by atoms with van der Waals surface area (Å²) in [5.74, 6) is 1.82. The van der Waals surface area contributed by atoms with E-state index in [9.17, 15) is 0 Å². The largest absolute Gasteiger partial charge is 0.497 e. The first-order valence-corrected chi connectivity index (χ1v) is 10.8. The molecule has 32 heavy (non-hydrogen) atoms.